The van der Waals surface area contributed by atoms with E-state index >= 15 is 0 Å². The minimum Gasteiger partial charge on any atom is -0.497 e. The Labute approximate surface area is 258 Å². The van der Waals surface area contributed by atoms with Gasteiger partial charge in [0.05, 0.1) is 68.3 Å². The number of ether oxygens (including phenoxy) is 2. The number of hydrogen-bond donors (Lipinski definition) is 1. The zero-order valence-corrected chi connectivity index (χ0v) is 24.9. The molecule has 1 aromatic carbocycles. The number of methoxy groups -OCH3 is 1. The van der Waals surface area contributed by atoms with E-state index in [1.807, 2.05) is 6.92 Å². The lowest BCUT2D eigenvalue weighted by molar-refractivity contribution is -0.139. The molecular weight excluding hydrogens is 622 g/mol. The molecule has 4 aromatic rings. The maximum absolute atomic E-state index is 14.0. The van der Waals surface area contributed by atoms with Crippen LogP contribution in [0.25, 0.3) is 0 Å². The van der Waals surface area contributed by atoms with E-state index < -0.39 is 40.8 Å². The molecule has 1 aliphatic heterocycles. The van der Waals surface area contributed by atoms with Gasteiger partial charge in [0.15, 0.2) is 0 Å². The van der Waals surface area contributed by atoms with Crippen LogP contribution in [0.2, 0.25) is 0 Å². The van der Waals surface area contributed by atoms with Crippen molar-refractivity contribution in [2.75, 3.05) is 30.5 Å². The molecule has 0 saturated carbocycles. The number of nitrogens with one attached hydrogen (secondary N) is 1. The first kappa shape index (κ1) is 32.7. The second-order valence-electron chi connectivity index (χ2n) is 10.9. The Morgan fingerprint density at radius 3 is 2.37 bits per heavy atom. The van der Waals surface area contributed by atoms with Crippen LogP contribution in [0.4, 0.5) is 38.0 Å². The van der Waals surface area contributed by atoms with Crippen LogP contribution in [0.3, 0.4) is 0 Å². The maximum atomic E-state index is 14.0. The van der Waals surface area contributed by atoms with E-state index in [1.54, 1.807) is 46.8 Å². The van der Waals surface area contributed by atoms with Crippen LogP contribution in [0.15, 0.2) is 53.7 Å². The molecule has 46 heavy (non-hydrogen) atoms. The van der Waals surface area contributed by atoms with Crippen molar-refractivity contribution in [3.63, 3.8) is 0 Å². The molecule has 0 amide bonds. The van der Waals surface area contributed by atoms with E-state index in [-0.39, 0.29) is 31.7 Å². The Balaban J connectivity index is 1.20. The van der Waals surface area contributed by atoms with Gasteiger partial charge >= 0.3 is 12.4 Å². The van der Waals surface area contributed by atoms with Gasteiger partial charge in [-0.2, -0.15) is 36.5 Å². The standard InChI is InChI=1S/C29H30F6N8O3/c1-17(39-24-11-38-42(26(44)25(24)29(33,34)35)13-19-4-6-23(45-3)7-5-19)15-46-16-21-8-22-14-41(12-18(2)43(22)40-21)27-36-9-20(10-37-27)28(30,31)32/h4-11,17-18,39H,12-16H2,1-3H3. The van der Waals surface area contributed by atoms with E-state index in [0.29, 0.717) is 30.1 Å². The van der Waals surface area contributed by atoms with Crippen LogP contribution < -0.4 is 20.5 Å². The summed E-state index contributed by atoms with van der Waals surface area (Å²) in [5.74, 6) is 0.724. The monoisotopic (exact) mass is 652 g/mol. The van der Waals surface area contributed by atoms with Crippen LogP contribution in [-0.4, -0.2) is 55.8 Å². The normalized spacial score (nSPS) is 15.8. The van der Waals surface area contributed by atoms with Gasteiger partial charge in [0.2, 0.25) is 5.95 Å². The number of benzene rings is 1. The molecule has 5 rings (SSSR count). The van der Waals surface area contributed by atoms with Crippen molar-refractivity contribution in [3.05, 3.63) is 87.4 Å². The third-order valence-electron chi connectivity index (χ3n) is 7.21. The van der Waals surface area contributed by atoms with Gasteiger partial charge in [-0.25, -0.2) is 14.6 Å². The van der Waals surface area contributed by atoms with E-state index in [9.17, 15) is 31.1 Å². The van der Waals surface area contributed by atoms with Crippen LogP contribution in [-0.2, 0) is 36.8 Å². The van der Waals surface area contributed by atoms with Crippen molar-refractivity contribution in [1.82, 2.24) is 29.5 Å². The quantitative estimate of drug-likeness (QED) is 0.239. The highest BCUT2D eigenvalue weighted by Crippen LogP contribution is 2.32. The van der Waals surface area contributed by atoms with Gasteiger partial charge in [-0.05, 0) is 37.6 Å². The number of nitrogens with zero attached hydrogens (tertiary/aromatic N) is 7. The Morgan fingerprint density at radius 1 is 1.04 bits per heavy atom. The molecule has 0 radical (unpaired) electrons. The van der Waals surface area contributed by atoms with Crippen LogP contribution in [0.1, 0.15) is 48.0 Å². The molecule has 0 fully saturated rings. The van der Waals surface area contributed by atoms with E-state index in [1.165, 1.54) is 7.11 Å². The number of anilines is 2. The van der Waals surface area contributed by atoms with Crippen molar-refractivity contribution in [1.29, 1.82) is 0 Å². The molecule has 3 aromatic heterocycles. The molecule has 2 atom stereocenters. The molecule has 246 valence electrons. The molecule has 1 N–H and O–H groups in total. The molecule has 1 aliphatic rings. The molecule has 0 spiro atoms. The van der Waals surface area contributed by atoms with Gasteiger partial charge < -0.3 is 19.7 Å². The van der Waals surface area contributed by atoms with Gasteiger partial charge in [0.1, 0.15) is 11.3 Å². The summed E-state index contributed by atoms with van der Waals surface area (Å²) >= 11 is 0. The second-order valence-corrected chi connectivity index (χ2v) is 10.9. The van der Waals surface area contributed by atoms with Crippen LogP contribution >= 0.6 is 0 Å². The third kappa shape index (κ3) is 7.41. The zero-order valence-electron chi connectivity index (χ0n) is 24.9. The van der Waals surface area contributed by atoms with E-state index in [2.05, 4.69) is 25.5 Å². The number of rotatable bonds is 10. The van der Waals surface area contributed by atoms with Crippen molar-refractivity contribution in [3.8, 4) is 5.75 Å². The summed E-state index contributed by atoms with van der Waals surface area (Å²) in [7, 11) is 1.49. The molecule has 2 unspecified atom stereocenters. The predicted molar refractivity (Wildman–Crippen MR) is 153 cm³/mol. The van der Waals surface area contributed by atoms with Crippen molar-refractivity contribution < 1.29 is 35.8 Å². The predicted octanol–water partition coefficient (Wildman–Crippen LogP) is 4.92. The largest absolute Gasteiger partial charge is 0.497 e. The first-order chi connectivity index (χ1) is 21.7. The first-order valence-electron chi connectivity index (χ1n) is 14.1. The van der Waals surface area contributed by atoms with E-state index in [0.717, 1.165) is 29.0 Å². The first-order valence-corrected chi connectivity index (χ1v) is 14.1. The lowest BCUT2D eigenvalue weighted by Crippen LogP contribution is -2.37. The number of alkyl halides is 6. The highest BCUT2D eigenvalue weighted by Gasteiger charge is 2.38. The smallest absolute Gasteiger partial charge is 0.423 e. The summed E-state index contributed by atoms with van der Waals surface area (Å²) in [5.41, 5.74) is -2.14. The summed E-state index contributed by atoms with van der Waals surface area (Å²) < 4.78 is 94.0. The number of hydrogen-bond acceptors (Lipinski definition) is 9. The average Bonchev–Trinajstić information content (AvgIpc) is 3.41. The minimum atomic E-state index is -4.93. The topological polar surface area (TPSA) is 112 Å². The van der Waals surface area contributed by atoms with Crippen molar-refractivity contribution >= 4 is 11.6 Å². The molecule has 4 heterocycles. The fourth-order valence-electron chi connectivity index (χ4n) is 5.04. The summed E-state index contributed by atoms with van der Waals surface area (Å²) in [6, 6.07) is 7.52. The van der Waals surface area contributed by atoms with Crippen molar-refractivity contribution in [2.24, 2.45) is 0 Å². The summed E-state index contributed by atoms with van der Waals surface area (Å²) in [6.07, 6.45) is -7.01. The van der Waals surface area contributed by atoms with Crippen LogP contribution in [0, 0.1) is 0 Å². The number of fused-ring (bicyclic) bond motifs is 1. The van der Waals surface area contributed by atoms with Gasteiger partial charge in [-0.15, -0.1) is 0 Å². The summed E-state index contributed by atoms with van der Waals surface area (Å²) in [4.78, 5) is 22.4. The Morgan fingerprint density at radius 2 is 1.74 bits per heavy atom. The van der Waals surface area contributed by atoms with Crippen LogP contribution in [0.5, 0.6) is 5.75 Å². The van der Waals surface area contributed by atoms with E-state index in [4.69, 9.17) is 9.47 Å². The third-order valence-corrected chi connectivity index (χ3v) is 7.21. The van der Waals surface area contributed by atoms with Gasteiger partial charge in [-0.1, -0.05) is 12.1 Å². The molecule has 0 aliphatic carbocycles. The second kappa shape index (κ2) is 13.0. The highest BCUT2D eigenvalue weighted by atomic mass is 19.4. The fourth-order valence-corrected chi connectivity index (χ4v) is 5.04. The Kier molecular flexibility index (Phi) is 9.23. The van der Waals surface area contributed by atoms with Gasteiger partial charge in [0.25, 0.3) is 5.56 Å². The Bertz CT molecular complexity index is 1700. The zero-order chi connectivity index (χ0) is 33.2. The minimum absolute atomic E-state index is 0.0184. The molecule has 0 saturated heterocycles. The summed E-state index contributed by atoms with van der Waals surface area (Å²) in [5, 5.41) is 11.2. The van der Waals surface area contributed by atoms with Crippen molar-refractivity contribution in [2.45, 2.75) is 58.0 Å². The van der Waals surface area contributed by atoms with Gasteiger partial charge in [-0.3, -0.25) is 9.48 Å². The molecule has 17 heteroatoms. The lowest BCUT2D eigenvalue weighted by Gasteiger charge is -2.32. The number of aromatic nitrogens is 6. The number of halogens is 6. The van der Waals surface area contributed by atoms with Gasteiger partial charge in [0, 0.05) is 25.0 Å². The Hall–Kier alpha value is -4.67. The maximum Gasteiger partial charge on any atom is 0.423 e. The molecule has 11 nitrogen and oxygen atoms in total. The highest BCUT2D eigenvalue weighted by molar-refractivity contribution is 5.50. The SMILES string of the molecule is COc1ccc(Cn2ncc(NC(C)COCc3cc4n(n3)C(C)CN(c3ncc(C(F)(F)F)cn3)C4)c(C(F)(F)F)c2=O)cc1. The molecular formula is C29H30F6N8O3. The fraction of sp³-hybridized carbons (Fsp3) is 0.414. The average molecular weight is 653 g/mol. The summed E-state index contributed by atoms with van der Waals surface area (Å²) in [6.45, 7) is 4.07. The molecule has 0 bridgehead atoms. The lowest BCUT2D eigenvalue weighted by atomic mass is 10.2.